The third-order valence-corrected chi connectivity index (χ3v) is 3.42. The van der Waals surface area contributed by atoms with Crippen LogP contribution in [0.15, 0.2) is 29.7 Å². The zero-order chi connectivity index (χ0) is 13.9. The van der Waals surface area contributed by atoms with Crippen molar-refractivity contribution in [1.82, 2.24) is 19.7 Å². The Hall–Kier alpha value is -1.80. The first-order chi connectivity index (χ1) is 9.02. The van der Waals surface area contributed by atoms with E-state index in [0.717, 1.165) is 12.0 Å². The molecule has 2 aromatic rings. The Morgan fingerprint density at radius 3 is 2.53 bits per heavy atom. The maximum Gasteiger partial charge on any atom is 0.273 e. The van der Waals surface area contributed by atoms with Gasteiger partial charge in [0.1, 0.15) is 5.82 Å². The first-order valence-corrected chi connectivity index (χ1v) is 7.40. The first-order valence-electron chi connectivity index (χ1n) is 5.86. The molecule has 0 saturated carbocycles. The number of nitrogens with two attached hydrogens (primary N) is 1. The summed E-state index contributed by atoms with van der Waals surface area (Å²) in [7, 11) is -3.85. The predicted molar refractivity (Wildman–Crippen MR) is 68.7 cm³/mol. The van der Waals surface area contributed by atoms with Gasteiger partial charge in [-0.3, -0.25) is 4.98 Å². The summed E-state index contributed by atoms with van der Waals surface area (Å²) in [4.78, 5) is 3.93. The SMILES string of the molecule is CCCn1c(Cc2ccncc2)nnc1S(N)(=O)=O. The lowest BCUT2D eigenvalue weighted by Gasteiger charge is -2.07. The molecule has 0 aliphatic heterocycles. The smallest absolute Gasteiger partial charge is 0.273 e. The van der Waals surface area contributed by atoms with E-state index in [1.165, 1.54) is 0 Å². The quantitative estimate of drug-likeness (QED) is 0.850. The number of aromatic nitrogens is 4. The minimum atomic E-state index is -3.85. The number of nitrogens with zero attached hydrogens (tertiary/aromatic N) is 4. The fourth-order valence-electron chi connectivity index (χ4n) is 1.79. The van der Waals surface area contributed by atoms with Crippen LogP contribution in [0.1, 0.15) is 24.7 Å². The van der Waals surface area contributed by atoms with Crippen molar-refractivity contribution in [3.63, 3.8) is 0 Å². The Kier molecular flexibility index (Phi) is 3.91. The second-order valence-corrected chi connectivity index (χ2v) is 5.58. The molecule has 0 amide bonds. The monoisotopic (exact) mass is 281 g/mol. The molecule has 0 fully saturated rings. The third-order valence-electron chi connectivity index (χ3n) is 2.61. The number of sulfonamides is 1. The molecule has 0 radical (unpaired) electrons. The molecule has 7 nitrogen and oxygen atoms in total. The summed E-state index contributed by atoms with van der Waals surface area (Å²) in [6.07, 6.45) is 4.61. The largest absolute Gasteiger partial charge is 0.300 e. The second kappa shape index (κ2) is 5.45. The summed E-state index contributed by atoms with van der Waals surface area (Å²) in [6, 6.07) is 3.70. The molecule has 8 heteroatoms. The van der Waals surface area contributed by atoms with Crippen LogP contribution in [0.4, 0.5) is 0 Å². The molecule has 0 saturated heterocycles. The molecule has 2 N–H and O–H groups in total. The van der Waals surface area contributed by atoms with Crippen molar-refractivity contribution in [1.29, 1.82) is 0 Å². The molecule has 2 heterocycles. The van der Waals surface area contributed by atoms with Crippen molar-refractivity contribution in [2.24, 2.45) is 5.14 Å². The van der Waals surface area contributed by atoms with Gasteiger partial charge in [0.15, 0.2) is 0 Å². The van der Waals surface area contributed by atoms with Crippen LogP contribution >= 0.6 is 0 Å². The van der Waals surface area contributed by atoms with Gasteiger partial charge >= 0.3 is 0 Å². The van der Waals surface area contributed by atoms with Crippen LogP contribution in [0.2, 0.25) is 0 Å². The van der Waals surface area contributed by atoms with Crippen molar-refractivity contribution in [3.05, 3.63) is 35.9 Å². The second-order valence-electron chi connectivity index (χ2n) is 4.13. The van der Waals surface area contributed by atoms with Crippen LogP contribution in [0.5, 0.6) is 0 Å². The molecule has 2 aromatic heterocycles. The van der Waals surface area contributed by atoms with E-state index in [1.807, 2.05) is 19.1 Å². The van der Waals surface area contributed by atoms with E-state index in [4.69, 9.17) is 5.14 Å². The van der Waals surface area contributed by atoms with Gasteiger partial charge in [0.25, 0.3) is 15.2 Å². The molecule has 0 aliphatic carbocycles. The third kappa shape index (κ3) is 3.15. The average molecular weight is 281 g/mol. The van der Waals surface area contributed by atoms with E-state index in [-0.39, 0.29) is 5.16 Å². The molecule has 0 aromatic carbocycles. The number of hydrogen-bond donors (Lipinski definition) is 1. The zero-order valence-electron chi connectivity index (χ0n) is 10.5. The number of primary sulfonamides is 1. The lowest BCUT2D eigenvalue weighted by molar-refractivity contribution is 0.550. The van der Waals surface area contributed by atoms with E-state index in [9.17, 15) is 8.42 Å². The van der Waals surface area contributed by atoms with Gasteiger partial charge in [0, 0.05) is 25.4 Å². The molecule has 0 spiro atoms. The summed E-state index contributed by atoms with van der Waals surface area (Å²) < 4.78 is 24.4. The Bertz CT molecular complexity index is 651. The van der Waals surface area contributed by atoms with E-state index in [2.05, 4.69) is 15.2 Å². The van der Waals surface area contributed by atoms with E-state index in [0.29, 0.717) is 18.8 Å². The number of rotatable bonds is 5. The Balaban J connectivity index is 2.39. The fraction of sp³-hybridized carbons (Fsp3) is 0.364. The van der Waals surface area contributed by atoms with E-state index >= 15 is 0 Å². The van der Waals surface area contributed by atoms with E-state index < -0.39 is 10.0 Å². The van der Waals surface area contributed by atoms with Crippen molar-refractivity contribution in [3.8, 4) is 0 Å². The Morgan fingerprint density at radius 1 is 1.26 bits per heavy atom. The fourth-order valence-corrected chi connectivity index (χ4v) is 2.45. The minimum Gasteiger partial charge on any atom is -0.300 e. The standard InChI is InChI=1S/C11H15N5O2S/c1-2-7-16-10(8-9-3-5-13-6-4-9)14-15-11(16)19(12,17)18/h3-6H,2,7-8H2,1H3,(H2,12,17,18). The number of hydrogen-bond acceptors (Lipinski definition) is 5. The molecular formula is C11H15N5O2S. The summed E-state index contributed by atoms with van der Waals surface area (Å²) in [5, 5.41) is 12.6. The first kappa shape index (κ1) is 13.6. The van der Waals surface area contributed by atoms with Gasteiger partial charge in [-0.15, -0.1) is 10.2 Å². The molecule has 0 bridgehead atoms. The average Bonchev–Trinajstić information content (AvgIpc) is 2.74. The van der Waals surface area contributed by atoms with Crippen LogP contribution in [-0.4, -0.2) is 28.2 Å². The highest BCUT2D eigenvalue weighted by molar-refractivity contribution is 7.89. The molecule has 19 heavy (non-hydrogen) atoms. The normalized spacial score (nSPS) is 11.7. The van der Waals surface area contributed by atoms with Gasteiger partial charge in [-0.2, -0.15) is 0 Å². The highest BCUT2D eigenvalue weighted by Gasteiger charge is 2.20. The van der Waals surface area contributed by atoms with Gasteiger partial charge in [0.05, 0.1) is 0 Å². The molecule has 2 rings (SSSR count). The highest BCUT2D eigenvalue weighted by atomic mass is 32.2. The highest BCUT2D eigenvalue weighted by Crippen LogP contribution is 2.12. The van der Waals surface area contributed by atoms with Crippen molar-refractivity contribution >= 4 is 10.0 Å². The molecule has 102 valence electrons. The molecular weight excluding hydrogens is 266 g/mol. The topological polar surface area (TPSA) is 104 Å². The molecule has 0 atom stereocenters. The van der Waals surface area contributed by atoms with Gasteiger partial charge in [-0.05, 0) is 24.1 Å². The van der Waals surface area contributed by atoms with Crippen LogP contribution in [0, 0.1) is 0 Å². The summed E-state index contributed by atoms with van der Waals surface area (Å²) in [6.45, 7) is 2.46. The van der Waals surface area contributed by atoms with Crippen LogP contribution in [0.25, 0.3) is 0 Å². The van der Waals surface area contributed by atoms with Crippen molar-refractivity contribution in [2.75, 3.05) is 0 Å². The summed E-state index contributed by atoms with van der Waals surface area (Å²) in [5.74, 6) is 0.581. The lowest BCUT2D eigenvalue weighted by atomic mass is 10.2. The zero-order valence-corrected chi connectivity index (χ0v) is 11.3. The van der Waals surface area contributed by atoms with Crippen LogP contribution < -0.4 is 5.14 Å². The van der Waals surface area contributed by atoms with Gasteiger partial charge in [-0.1, -0.05) is 6.92 Å². The van der Waals surface area contributed by atoms with Gasteiger partial charge in [-0.25, -0.2) is 13.6 Å². The van der Waals surface area contributed by atoms with Gasteiger partial charge in [0.2, 0.25) is 0 Å². The Morgan fingerprint density at radius 2 is 1.95 bits per heavy atom. The van der Waals surface area contributed by atoms with Crippen LogP contribution in [-0.2, 0) is 23.0 Å². The molecule has 0 unspecified atom stereocenters. The Labute approximate surface area is 111 Å². The van der Waals surface area contributed by atoms with Crippen molar-refractivity contribution < 1.29 is 8.42 Å². The number of pyridine rings is 1. The van der Waals surface area contributed by atoms with Crippen LogP contribution in [0.3, 0.4) is 0 Å². The maximum absolute atomic E-state index is 11.4. The maximum atomic E-state index is 11.4. The van der Waals surface area contributed by atoms with E-state index in [1.54, 1.807) is 17.0 Å². The minimum absolute atomic E-state index is 0.182. The predicted octanol–water partition coefficient (Wildman–Crippen LogP) is 0.321. The molecule has 0 aliphatic rings. The van der Waals surface area contributed by atoms with Gasteiger partial charge < -0.3 is 4.57 Å². The van der Waals surface area contributed by atoms with Crippen molar-refractivity contribution in [2.45, 2.75) is 31.5 Å². The lowest BCUT2D eigenvalue weighted by Crippen LogP contribution is -2.19. The summed E-state index contributed by atoms with van der Waals surface area (Å²) in [5.41, 5.74) is 0.987. The summed E-state index contributed by atoms with van der Waals surface area (Å²) >= 11 is 0.